The highest BCUT2D eigenvalue weighted by molar-refractivity contribution is 7.09. The summed E-state index contributed by atoms with van der Waals surface area (Å²) in [4.78, 5) is 10.5. The van der Waals surface area contributed by atoms with Crippen LogP contribution in [-0.2, 0) is 24.4 Å². The molecule has 0 saturated heterocycles. The summed E-state index contributed by atoms with van der Waals surface area (Å²) in [5.74, 6) is 0. The van der Waals surface area contributed by atoms with Crippen LogP contribution in [0.25, 0.3) is 0 Å². The minimum absolute atomic E-state index is 0.582. The van der Waals surface area contributed by atoms with E-state index < -0.39 is 0 Å². The maximum atomic E-state index is 5.76. The largest absolute Gasteiger partial charge is 0.294 e. The van der Waals surface area contributed by atoms with Crippen molar-refractivity contribution in [3.8, 4) is 0 Å². The fraction of sp³-hybridized carbons (Fsp3) is 0.211. The molecule has 3 aromatic rings. The summed E-state index contributed by atoms with van der Waals surface area (Å²) in [6.45, 7) is 1.27. The molecule has 3 nitrogen and oxygen atoms in total. The Hall–Kier alpha value is -2.01. The summed E-state index contributed by atoms with van der Waals surface area (Å²) in [5.41, 5.74) is 3.51. The van der Waals surface area contributed by atoms with E-state index in [4.69, 9.17) is 9.82 Å². The molecule has 0 aliphatic carbocycles. The van der Waals surface area contributed by atoms with E-state index >= 15 is 0 Å². The van der Waals surface area contributed by atoms with Gasteiger partial charge in [0.1, 0.15) is 0 Å². The Morgan fingerprint density at radius 2 is 1.61 bits per heavy atom. The number of nitrogens with zero attached hydrogens (tertiary/aromatic N) is 2. The first kappa shape index (κ1) is 15.9. The van der Waals surface area contributed by atoms with Crippen molar-refractivity contribution in [3.05, 3.63) is 87.9 Å². The second-order valence-electron chi connectivity index (χ2n) is 5.44. The SMILES string of the molecule is CN(Cc1csc(Cc2ccccc2)n1)OCc1ccccc1. The van der Waals surface area contributed by atoms with Crippen LogP contribution in [0.4, 0.5) is 0 Å². The van der Waals surface area contributed by atoms with Crippen LogP contribution < -0.4 is 0 Å². The smallest absolute Gasteiger partial charge is 0.0972 e. The van der Waals surface area contributed by atoms with E-state index in [2.05, 4.69) is 41.8 Å². The number of rotatable bonds is 7. The number of hydrogen-bond acceptors (Lipinski definition) is 4. The van der Waals surface area contributed by atoms with E-state index in [-0.39, 0.29) is 0 Å². The lowest BCUT2D eigenvalue weighted by Gasteiger charge is -2.15. The van der Waals surface area contributed by atoms with Gasteiger partial charge in [-0.3, -0.25) is 4.84 Å². The van der Waals surface area contributed by atoms with E-state index in [0.29, 0.717) is 13.2 Å². The zero-order chi connectivity index (χ0) is 15.9. The highest BCUT2D eigenvalue weighted by atomic mass is 32.1. The number of aromatic nitrogens is 1. The Labute approximate surface area is 141 Å². The zero-order valence-electron chi connectivity index (χ0n) is 13.2. The first-order valence-corrected chi connectivity index (χ1v) is 8.53. The van der Waals surface area contributed by atoms with Crippen molar-refractivity contribution >= 4 is 11.3 Å². The van der Waals surface area contributed by atoms with Gasteiger partial charge < -0.3 is 0 Å². The van der Waals surface area contributed by atoms with Crippen molar-refractivity contribution in [1.82, 2.24) is 10.0 Å². The third-order valence-electron chi connectivity index (χ3n) is 3.48. The quantitative estimate of drug-likeness (QED) is 0.606. The van der Waals surface area contributed by atoms with E-state index in [0.717, 1.165) is 17.1 Å². The zero-order valence-corrected chi connectivity index (χ0v) is 14.0. The molecule has 3 rings (SSSR count). The average molecular weight is 324 g/mol. The summed E-state index contributed by atoms with van der Waals surface area (Å²) in [5, 5.41) is 5.09. The lowest BCUT2D eigenvalue weighted by Crippen LogP contribution is -2.18. The molecule has 0 amide bonds. The second-order valence-corrected chi connectivity index (χ2v) is 6.38. The molecule has 0 bridgehead atoms. The molecule has 2 aromatic carbocycles. The highest BCUT2D eigenvalue weighted by Gasteiger charge is 2.07. The van der Waals surface area contributed by atoms with Crippen LogP contribution in [0.2, 0.25) is 0 Å². The summed E-state index contributed by atoms with van der Waals surface area (Å²) in [7, 11) is 1.94. The molecule has 4 heteroatoms. The Kier molecular flexibility index (Phi) is 5.53. The van der Waals surface area contributed by atoms with Gasteiger partial charge in [-0.2, -0.15) is 5.06 Å². The van der Waals surface area contributed by atoms with Crippen molar-refractivity contribution in [1.29, 1.82) is 0 Å². The molecule has 0 aliphatic heterocycles. The van der Waals surface area contributed by atoms with Crippen molar-refractivity contribution in [3.63, 3.8) is 0 Å². The van der Waals surface area contributed by atoms with Gasteiger partial charge in [0.25, 0.3) is 0 Å². The Balaban J connectivity index is 1.50. The predicted octanol–water partition coefficient (Wildman–Crippen LogP) is 4.30. The Bertz CT molecular complexity index is 713. The first-order valence-electron chi connectivity index (χ1n) is 7.65. The maximum absolute atomic E-state index is 5.76. The minimum Gasteiger partial charge on any atom is -0.294 e. The van der Waals surface area contributed by atoms with Gasteiger partial charge in [0.05, 0.1) is 23.9 Å². The van der Waals surface area contributed by atoms with Crippen LogP contribution in [0.3, 0.4) is 0 Å². The molecule has 0 radical (unpaired) electrons. The van der Waals surface area contributed by atoms with Crippen LogP contribution in [0.5, 0.6) is 0 Å². The van der Waals surface area contributed by atoms with Gasteiger partial charge in [0.15, 0.2) is 0 Å². The Morgan fingerprint density at radius 3 is 2.30 bits per heavy atom. The lowest BCUT2D eigenvalue weighted by molar-refractivity contribution is -0.158. The van der Waals surface area contributed by atoms with Gasteiger partial charge in [-0.05, 0) is 11.1 Å². The summed E-state index contributed by atoms with van der Waals surface area (Å²) in [6, 6.07) is 20.6. The third kappa shape index (κ3) is 4.99. The van der Waals surface area contributed by atoms with Gasteiger partial charge >= 0.3 is 0 Å². The predicted molar refractivity (Wildman–Crippen MR) is 94.1 cm³/mol. The monoisotopic (exact) mass is 324 g/mol. The normalized spacial score (nSPS) is 11.0. The van der Waals surface area contributed by atoms with Gasteiger partial charge in [0, 0.05) is 18.8 Å². The topological polar surface area (TPSA) is 25.4 Å². The molecular weight excluding hydrogens is 304 g/mol. The number of benzene rings is 2. The van der Waals surface area contributed by atoms with Crippen molar-refractivity contribution in [2.45, 2.75) is 19.6 Å². The fourth-order valence-corrected chi connectivity index (χ4v) is 3.13. The Morgan fingerprint density at radius 1 is 0.957 bits per heavy atom. The van der Waals surface area contributed by atoms with Gasteiger partial charge in [0.2, 0.25) is 0 Å². The average Bonchev–Trinajstić information content (AvgIpc) is 3.02. The van der Waals surface area contributed by atoms with E-state index in [1.807, 2.05) is 36.4 Å². The molecule has 1 heterocycles. The van der Waals surface area contributed by atoms with E-state index in [9.17, 15) is 0 Å². The number of thiazole rings is 1. The van der Waals surface area contributed by atoms with Crippen molar-refractivity contribution in [2.75, 3.05) is 7.05 Å². The molecular formula is C19H20N2OS. The fourth-order valence-electron chi connectivity index (χ4n) is 2.31. The van der Waals surface area contributed by atoms with Crippen LogP contribution in [-0.4, -0.2) is 17.1 Å². The highest BCUT2D eigenvalue weighted by Crippen LogP contribution is 2.16. The minimum atomic E-state index is 0.582. The van der Waals surface area contributed by atoms with E-state index in [1.165, 1.54) is 11.1 Å². The third-order valence-corrected chi connectivity index (χ3v) is 4.37. The van der Waals surface area contributed by atoms with Crippen LogP contribution in [0.15, 0.2) is 66.0 Å². The molecule has 0 saturated carbocycles. The first-order chi connectivity index (χ1) is 11.3. The van der Waals surface area contributed by atoms with Crippen LogP contribution in [0, 0.1) is 0 Å². The molecule has 118 valence electrons. The molecule has 0 N–H and O–H groups in total. The van der Waals surface area contributed by atoms with Crippen LogP contribution in [0.1, 0.15) is 21.8 Å². The molecule has 0 fully saturated rings. The number of hydrogen-bond donors (Lipinski definition) is 0. The number of hydroxylamine groups is 2. The molecule has 0 spiro atoms. The molecule has 0 atom stereocenters. The summed E-state index contributed by atoms with van der Waals surface area (Å²) >= 11 is 1.71. The van der Waals surface area contributed by atoms with Gasteiger partial charge in [-0.25, -0.2) is 4.98 Å². The second kappa shape index (κ2) is 8.02. The molecule has 0 unspecified atom stereocenters. The standard InChI is InChI=1S/C19H20N2OS/c1-21(22-14-17-10-6-3-7-11-17)13-18-15-23-19(20-18)12-16-8-4-2-5-9-16/h2-11,15H,12-14H2,1H3. The summed E-state index contributed by atoms with van der Waals surface area (Å²) < 4.78 is 0. The van der Waals surface area contributed by atoms with Crippen molar-refractivity contribution in [2.24, 2.45) is 0 Å². The van der Waals surface area contributed by atoms with Crippen molar-refractivity contribution < 1.29 is 4.84 Å². The molecule has 23 heavy (non-hydrogen) atoms. The lowest BCUT2D eigenvalue weighted by atomic mass is 10.2. The maximum Gasteiger partial charge on any atom is 0.0972 e. The van der Waals surface area contributed by atoms with Gasteiger partial charge in [-0.15, -0.1) is 11.3 Å². The molecule has 1 aromatic heterocycles. The van der Waals surface area contributed by atoms with Crippen LogP contribution >= 0.6 is 11.3 Å². The summed E-state index contributed by atoms with van der Waals surface area (Å²) in [6.07, 6.45) is 0.889. The van der Waals surface area contributed by atoms with E-state index in [1.54, 1.807) is 11.3 Å². The van der Waals surface area contributed by atoms with Gasteiger partial charge in [-0.1, -0.05) is 60.7 Å². The molecule has 0 aliphatic rings.